The van der Waals surface area contributed by atoms with Gasteiger partial charge in [0.05, 0.1) is 17.9 Å². The molecule has 1 heterocycles. The number of hydrogen-bond acceptors (Lipinski definition) is 4. The van der Waals surface area contributed by atoms with Gasteiger partial charge < -0.3 is 10.1 Å². The van der Waals surface area contributed by atoms with Gasteiger partial charge in [-0.3, -0.25) is 9.59 Å². The Labute approximate surface area is 173 Å². The molecule has 0 unspecified atom stereocenters. The molecule has 0 spiro atoms. The van der Waals surface area contributed by atoms with Gasteiger partial charge in [-0.2, -0.15) is 0 Å². The Morgan fingerprint density at radius 3 is 2.33 bits per heavy atom. The first-order chi connectivity index (χ1) is 14.6. The van der Waals surface area contributed by atoms with E-state index in [2.05, 4.69) is 5.32 Å². The molecule has 0 saturated heterocycles. The maximum absolute atomic E-state index is 13.4. The number of para-hydroxylation sites is 1. The number of amides is 2. The van der Waals surface area contributed by atoms with E-state index in [1.54, 1.807) is 48.5 Å². The number of nitrogens with zero attached hydrogens (tertiary/aromatic N) is 1. The van der Waals surface area contributed by atoms with Crippen molar-refractivity contribution in [2.45, 2.75) is 6.92 Å². The van der Waals surface area contributed by atoms with Gasteiger partial charge in [-0.05, 0) is 48.9 Å². The lowest BCUT2D eigenvalue weighted by molar-refractivity contribution is -0.120. The van der Waals surface area contributed by atoms with Crippen LogP contribution < -0.4 is 15.0 Å². The highest BCUT2D eigenvalue weighted by atomic mass is 19.1. The summed E-state index contributed by atoms with van der Waals surface area (Å²) >= 11 is 0. The lowest BCUT2D eigenvalue weighted by atomic mass is 10.0. The van der Waals surface area contributed by atoms with Crippen LogP contribution in [0.15, 0.2) is 84.6 Å². The Hall–Kier alpha value is -3.93. The Bertz CT molecular complexity index is 1120. The van der Waals surface area contributed by atoms with Gasteiger partial charge in [0.15, 0.2) is 0 Å². The fraction of sp³-hybridized carbons (Fsp3) is 0.0833. The largest absolute Gasteiger partial charge is 0.494 e. The van der Waals surface area contributed by atoms with Crippen LogP contribution in [-0.4, -0.2) is 18.4 Å². The average Bonchev–Trinajstić information content (AvgIpc) is 2.99. The first-order valence-corrected chi connectivity index (χ1v) is 9.52. The van der Waals surface area contributed by atoms with Gasteiger partial charge in [-0.15, -0.1) is 0 Å². The van der Waals surface area contributed by atoms with E-state index in [1.165, 1.54) is 24.3 Å². The minimum absolute atomic E-state index is 0.129. The molecule has 2 amide bonds. The molecule has 1 N–H and O–H groups in total. The second kappa shape index (κ2) is 8.21. The van der Waals surface area contributed by atoms with Crippen LogP contribution in [0.25, 0.3) is 5.57 Å². The van der Waals surface area contributed by atoms with E-state index in [4.69, 9.17) is 4.74 Å². The van der Waals surface area contributed by atoms with E-state index in [0.29, 0.717) is 29.3 Å². The fourth-order valence-electron chi connectivity index (χ4n) is 3.32. The average molecular weight is 402 g/mol. The summed E-state index contributed by atoms with van der Waals surface area (Å²) in [6.07, 6.45) is 0. The minimum atomic E-state index is -0.479. The highest BCUT2D eigenvalue weighted by Crippen LogP contribution is 2.34. The highest BCUT2D eigenvalue weighted by molar-refractivity contribution is 6.46. The van der Waals surface area contributed by atoms with Crippen molar-refractivity contribution in [2.75, 3.05) is 16.8 Å². The van der Waals surface area contributed by atoms with Crippen molar-refractivity contribution in [3.63, 3.8) is 0 Å². The summed E-state index contributed by atoms with van der Waals surface area (Å²) in [6.45, 7) is 2.39. The van der Waals surface area contributed by atoms with Crippen LogP contribution in [0.1, 0.15) is 12.5 Å². The second-order valence-electron chi connectivity index (χ2n) is 6.62. The van der Waals surface area contributed by atoms with Crippen LogP contribution in [0.3, 0.4) is 0 Å². The quantitative estimate of drug-likeness (QED) is 0.611. The van der Waals surface area contributed by atoms with Gasteiger partial charge in [0.25, 0.3) is 11.8 Å². The normalized spacial score (nSPS) is 13.7. The Morgan fingerprint density at radius 1 is 0.900 bits per heavy atom. The van der Waals surface area contributed by atoms with E-state index in [1.807, 2.05) is 13.0 Å². The van der Waals surface area contributed by atoms with Crippen molar-refractivity contribution >= 4 is 28.8 Å². The minimum Gasteiger partial charge on any atom is -0.494 e. The van der Waals surface area contributed by atoms with E-state index >= 15 is 0 Å². The van der Waals surface area contributed by atoms with E-state index in [0.717, 1.165) is 4.90 Å². The van der Waals surface area contributed by atoms with E-state index in [-0.39, 0.29) is 11.3 Å². The number of hydrogen-bond donors (Lipinski definition) is 1. The van der Waals surface area contributed by atoms with Crippen molar-refractivity contribution in [2.24, 2.45) is 0 Å². The van der Waals surface area contributed by atoms with E-state index in [9.17, 15) is 14.0 Å². The lowest BCUT2D eigenvalue weighted by Crippen LogP contribution is -2.32. The lowest BCUT2D eigenvalue weighted by Gasteiger charge is -2.15. The molecule has 0 aliphatic carbocycles. The molecule has 0 atom stereocenters. The van der Waals surface area contributed by atoms with Crippen molar-refractivity contribution in [1.29, 1.82) is 0 Å². The Morgan fingerprint density at radius 2 is 1.63 bits per heavy atom. The number of ether oxygens (including phenoxy) is 1. The molecule has 30 heavy (non-hydrogen) atoms. The molecule has 3 aromatic carbocycles. The van der Waals surface area contributed by atoms with Gasteiger partial charge in [0.1, 0.15) is 17.3 Å². The van der Waals surface area contributed by atoms with E-state index < -0.39 is 17.6 Å². The highest BCUT2D eigenvalue weighted by Gasteiger charge is 2.40. The summed E-state index contributed by atoms with van der Waals surface area (Å²) in [6, 6.07) is 21.3. The molecular formula is C24H19FN2O3. The number of rotatable bonds is 6. The molecule has 150 valence electrons. The third kappa shape index (κ3) is 3.67. The van der Waals surface area contributed by atoms with Gasteiger partial charge in [0.2, 0.25) is 0 Å². The zero-order valence-corrected chi connectivity index (χ0v) is 16.3. The molecular weight excluding hydrogens is 383 g/mol. The standard InChI is InChI=1S/C24H19FN2O3/c1-2-30-20-10-6-7-18(15-20)26-22-21(16-11-13-17(25)14-12-16)23(28)27(24(22)29)19-8-4-3-5-9-19/h3-15,26H,2H2,1H3. The van der Waals surface area contributed by atoms with Crippen LogP contribution >= 0.6 is 0 Å². The first kappa shape index (κ1) is 19.4. The molecule has 0 fully saturated rings. The molecule has 4 rings (SSSR count). The van der Waals surface area contributed by atoms with Crippen LogP contribution in [0, 0.1) is 5.82 Å². The van der Waals surface area contributed by atoms with Crippen molar-refractivity contribution in [1.82, 2.24) is 0 Å². The van der Waals surface area contributed by atoms with Crippen molar-refractivity contribution < 1.29 is 18.7 Å². The molecule has 0 bridgehead atoms. The van der Waals surface area contributed by atoms with Gasteiger partial charge in [-0.1, -0.05) is 36.4 Å². The third-order valence-corrected chi connectivity index (χ3v) is 4.65. The monoisotopic (exact) mass is 402 g/mol. The summed E-state index contributed by atoms with van der Waals surface area (Å²) in [5, 5.41) is 3.08. The number of nitrogens with one attached hydrogen (secondary N) is 1. The third-order valence-electron chi connectivity index (χ3n) is 4.65. The molecule has 0 saturated carbocycles. The van der Waals surface area contributed by atoms with Crippen LogP contribution in [-0.2, 0) is 9.59 Å². The zero-order valence-electron chi connectivity index (χ0n) is 16.3. The number of anilines is 2. The molecule has 5 nitrogen and oxygen atoms in total. The van der Waals surface area contributed by atoms with Gasteiger partial charge >= 0.3 is 0 Å². The van der Waals surface area contributed by atoms with Crippen molar-refractivity contribution in [3.05, 3.63) is 95.9 Å². The fourth-order valence-corrected chi connectivity index (χ4v) is 3.32. The smallest absolute Gasteiger partial charge is 0.282 e. The number of imide groups is 1. The maximum Gasteiger partial charge on any atom is 0.282 e. The molecule has 1 aliphatic heterocycles. The van der Waals surface area contributed by atoms with Crippen LogP contribution in [0.5, 0.6) is 5.75 Å². The molecule has 6 heteroatoms. The summed E-state index contributed by atoms with van der Waals surface area (Å²) in [5.74, 6) is -0.730. The Balaban J connectivity index is 1.79. The van der Waals surface area contributed by atoms with Crippen molar-refractivity contribution in [3.8, 4) is 5.75 Å². The second-order valence-corrected chi connectivity index (χ2v) is 6.62. The number of carbonyl (C=O) groups is 2. The Kier molecular flexibility index (Phi) is 5.30. The molecule has 1 aliphatic rings. The number of carbonyl (C=O) groups excluding carboxylic acids is 2. The maximum atomic E-state index is 13.4. The summed E-state index contributed by atoms with van der Waals surface area (Å²) in [4.78, 5) is 27.6. The number of halogens is 1. The summed E-state index contributed by atoms with van der Waals surface area (Å²) in [7, 11) is 0. The molecule has 0 radical (unpaired) electrons. The summed E-state index contributed by atoms with van der Waals surface area (Å²) < 4.78 is 19.0. The SMILES string of the molecule is CCOc1cccc(NC2=C(c3ccc(F)cc3)C(=O)N(c3ccccc3)C2=O)c1. The topological polar surface area (TPSA) is 58.6 Å². The first-order valence-electron chi connectivity index (χ1n) is 9.52. The number of benzene rings is 3. The zero-order chi connectivity index (χ0) is 21.1. The van der Waals surface area contributed by atoms with Crippen LogP contribution in [0.2, 0.25) is 0 Å². The van der Waals surface area contributed by atoms with Gasteiger partial charge in [-0.25, -0.2) is 9.29 Å². The predicted octanol–water partition coefficient (Wildman–Crippen LogP) is 4.62. The molecule has 3 aromatic rings. The summed E-state index contributed by atoms with van der Waals surface area (Å²) in [5.41, 5.74) is 1.84. The van der Waals surface area contributed by atoms with Crippen LogP contribution in [0.4, 0.5) is 15.8 Å². The predicted molar refractivity (Wildman–Crippen MR) is 113 cm³/mol. The molecule has 0 aromatic heterocycles. The van der Waals surface area contributed by atoms with Gasteiger partial charge in [0, 0.05) is 11.8 Å².